The molecule has 0 aliphatic carbocycles. The van der Waals surface area contributed by atoms with Gasteiger partial charge in [-0.15, -0.1) is 0 Å². The third-order valence-corrected chi connectivity index (χ3v) is 8.22. The van der Waals surface area contributed by atoms with Crippen LogP contribution >= 0.6 is 0 Å². The number of hydrogen-bond donors (Lipinski definition) is 1. The molecule has 9 heteroatoms. The molecule has 34 heavy (non-hydrogen) atoms. The summed E-state index contributed by atoms with van der Waals surface area (Å²) in [7, 11) is -2.05. The molecule has 2 aliphatic heterocycles. The highest BCUT2D eigenvalue weighted by atomic mass is 32.2. The van der Waals surface area contributed by atoms with Gasteiger partial charge in [-0.05, 0) is 56.0 Å². The highest BCUT2D eigenvalue weighted by molar-refractivity contribution is 7.89. The topological polar surface area (TPSA) is 88.2 Å². The van der Waals surface area contributed by atoms with Crippen molar-refractivity contribution in [3.05, 3.63) is 48.0 Å². The number of para-hydroxylation sites is 2. The Balaban J connectivity index is 1.49. The summed E-state index contributed by atoms with van der Waals surface area (Å²) >= 11 is 0. The molecule has 0 atom stereocenters. The summed E-state index contributed by atoms with van der Waals surface area (Å²) < 4.78 is 39.0. The Labute approximate surface area is 201 Å². The lowest BCUT2D eigenvalue weighted by Gasteiger charge is -2.27. The van der Waals surface area contributed by atoms with E-state index in [2.05, 4.69) is 10.2 Å². The Bertz CT molecular complexity index is 1090. The van der Waals surface area contributed by atoms with E-state index in [0.717, 1.165) is 50.9 Å². The molecule has 1 N–H and O–H groups in total. The van der Waals surface area contributed by atoms with E-state index in [-0.39, 0.29) is 24.0 Å². The minimum Gasteiger partial charge on any atom is -0.493 e. The molecule has 2 saturated heterocycles. The lowest BCUT2D eigenvalue weighted by Crippen LogP contribution is -2.36. The Hall–Kier alpha value is -2.78. The van der Waals surface area contributed by atoms with Gasteiger partial charge in [-0.25, -0.2) is 8.42 Å². The average molecular weight is 488 g/mol. The monoisotopic (exact) mass is 487 g/mol. The number of carbonyl (C=O) groups is 1. The number of hydrogen-bond acceptors (Lipinski definition) is 6. The number of sulfonamides is 1. The number of ether oxygens (including phenoxy) is 2. The summed E-state index contributed by atoms with van der Waals surface area (Å²) in [4.78, 5) is 15.5. The van der Waals surface area contributed by atoms with Gasteiger partial charge in [0.1, 0.15) is 6.61 Å². The smallest absolute Gasteiger partial charge is 0.253 e. The summed E-state index contributed by atoms with van der Waals surface area (Å²) in [6.45, 7) is 3.30. The molecule has 2 fully saturated rings. The van der Waals surface area contributed by atoms with Crippen LogP contribution < -0.4 is 19.7 Å². The van der Waals surface area contributed by atoms with Crippen molar-refractivity contribution in [2.24, 2.45) is 0 Å². The van der Waals surface area contributed by atoms with E-state index < -0.39 is 10.0 Å². The largest absolute Gasteiger partial charge is 0.493 e. The van der Waals surface area contributed by atoms with E-state index in [1.54, 1.807) is 25.3 Å². The Kier molecular flexibility index (Phi) is 7.95. The number of amides is 1. The molecular formula is C25H33N3O5S. The van der Waals surface area contributed by atoms with Crippen molar-refractivity contribution in [1.82, 2.24) is 9.62 Å². The molecule has 0 bridgehead atoms. The van der Waals surface area contributed by atoms with Crippen LogP contribution in [-0.4, -0.2) is 65.1 Å². The quantitative estimate of drug-likeness (QED) is 0.546. The molecule has 2 aromatic carbocycles. The molecule has 2 aromatic rings. The fourth-order valence-corrected chi connectivity index (χ4v) is 6.05. The molecule has 1 amide bonds. The number of nitrogens with zero attached hydrogens (tertiary/aromatic N) is 2. The second-order valence-corrected chi connectivity index (χ2v) is 10.5. The van der Waals surface area contributed by atoms with Crippen LogP contribution in [-0.2, 0) is 10.0 Å². The molecule has 8 nitrogen and oxygen atoms in total. The third-order valence-electron chi connectivity index (χ3n) is 6.33. The first-order chi connectivity index (χ1) is 16.5. The Morgan fingerprint density at radius 3 is 2.32 bits per heavy atom. The zero-order chi connectivity index (χ0) is 24.0. The van der Waals surface area contributed by atoms with Crippen LogP contribution in [0.1, 0.15) is 42.5 Å². The van der Waals surface area contributed by atoms with Crippen molar-refractivity contribution in [3.8, 4) is 11.5 Å². The normalized spacial score (nSPS) is 16.9. The first-order valence-electron chi connectivity index (χ1n) is 11.9. The van der Waals surface area contributed by atoms with E-state index >= 15 is 0 Å². The highest BCUT2D eigenvalue weighted by Gasteiger charge is 2.28. The zero-order valence-corrected chi connectivity index (χ0v) is 20.5. The van der Waals surface area contributed by atoms with E-state index in [1.807, 2.05) is 18.2 Å². The van der Waals surface area contributed by atoms with Crippen molar-refractivity contribution in [2.45, 2.75) is 37.0 Å². The summed E-state index contributed by atoms with van der Waals surface area (Å²) in [5.41, 5.74) is 1.16. The summed E-state index contributed by atoms with van der Waals surface area (Å²) in [6, 6.07) is 12.3. The molecule has 0 aromatic heterocycles. The van der Waals surface area contributed by atoms with Gasteiger partial charge < -0.3 is 19.7 Å². The van der Waals surface area contributed by atoms with Crippen molar-refractivity contribution in [2.75, 3.05) is 51.3 Å². The first kappa shape index (κ1) is 24.3. The predicted octanol–water partition coefficient (Wildman–Crippen LogP) is 3.28. The van der Waals surface area contributed by atoms with Gasteiger partial charge in [-0.3, -0.25) is 4.79 Å². The minimum atomic E-state index is -3.63. The lowest BCUT2D eigenvalue weighted by atomic mass is 10.1. The molecule has 2 heterocycles. The summed E-state index contributed by atoms with van der Waals surface area (Å²) in [6.07, 6.45) is 4.89. The van der Waals surface area contributed by atoms with E-state index in [4.69, 9.17) is 9.47 Å². The molecule has 2 aliphatic rings. The number of piperidine rings is 1. The fourth-order valence-electron chi connectivity index (χ4n) is 4.50. The van der Waals surface area contributed by atoms with Gasteiger partial charge in [0.05, 0.1) is 24.1 Å². The maximum atomic E-state index is 13.2. The van der Waals surface area contributed by atoms with Crippen LogP contribution in [0, 0.1) is 0 Å². The van der Waals surface area contributed by atoms with Crippen molar-refractivity contribution < 1.29 is 22.7 Å². The van der Waals surface area contributed by atoms with Crippen LogP contribution in [0.2, 0.25) is 0 Å². The fraction of sp³-hybridized carbons (Fsp3) is 0.480. The molecule has 4 rings (SSSR count). The SMILES string of the molecule is COc1ccccc1OCCNC(=O)c1cc(S(=O)(=O)N2CCCCC2)ccc1N1CCCC1. The van der Waals surface area contributed by atoms with Gasteiger partial charge >= 0.3 is 0 Å². The minimum absolute atomic E-state index is 0.174. The number of nitrogens with one attached hydrogen (secondary N) is 1. The van der Waals surface area contributed by atoms with Gasteiger partial charge in [0.25, 0.3) is 5.91 Å². The van der Waals surface area contributed by atoms with Crippen LogP contribution in [0.25, 0.3) is 0 Å². The zero-order valence-electron chi connectivity index (χ0n) is 19.7. The van der Waals surface area contributed by atoms with Crippen LogP contribution in [0.3, 0.4) is 0 Å². The van der Waals surface area contributed by atoms with Crippen LogP contribution in [0.5, 0.6) is 11.5 Å². The number of anilines is 1. The van der Waals surface area contributed by atoms with Gasteiger partial charge in [0, 0.05) is 31.9 Å². The van der Waals surface area contributed by atoms with Gasteiger partial charge in [-0.2, -0.15) is 4.31 Å². The lowest BCUT2D eigenvalue weighted by molar-refractivity contribution is 0.0947. The van der Waals surface area contributed by atoms with Gasteiger partial charge in [0.15, 0.2) is 11.5 Å². The molecule has 0 spiro atoms. The van der Waals surface area contributed by atoms with Gasteiger partial charge in [0.2, 0.25) is 10.0 Å². The van der Waals surface area contributed by atoms with Crippen molar-refractivity contribution in [3.63, 3.8) is 0 Å². The second kappa shape index (κ2) is 11.1. The maximum absolute atomic E-state index is 13.2. The number of methoxy groups -OCH3 is 1. The first-order valence-corrected chi connectivity index (χ1v) is 13.4. The molecule has 0 radical (unpaired) electrons. The molecule has 184 valence electrons. The summed E-state index contributed by atoms with van der Waals surface area (Å²) in [5, 5.41) is 2.89. The number of carbonyl (C=O) groups excluding carboxylic acids is 1. The van der Waals surface area contributed by atoms with E-state index in [0.29, 0.717) is 30.2 Å². The molecular weight excluding hydrogens is 454 g/mol. The number of benzene rings is 2. The highest BCUT2D eigenvalue weighted by Crippen LogP contribution is 2.30. The van der Waals surface area contributed by atoms with Crippen LogP contribution in [0.15, 0.2) is 47.4 Å². The second-order valence-electron chi connectivity index (χ2n) is 8.59. The average Bonchev–Trinajstić information content (AvgIpc) is 3.42. The Morgan fingerprint density at radius 2 is 1.62 bits per heavy atom. The maximum Gasteiger partial charge on any atom is 0.253 e. The van der Waals surface area contributed by atoms with Crippen LogP contribution in [0.4, 0.5) is 5.69 Å². The van der Waals surface area contributed by atoms with E-state index in [9.17, 15) is 13.2 Å². The summed E-state index contributed by atoms with van der Waals surface area (Å²) in [5.74, 6) is 0.925. The Morgan fingerprint density at radius 1 is 0.941 bits per heavy atom. The third kappa shape index (κ3) is 5.47. The van der Waals surface area contributed by atoms with Crippen molar-refractivity contribution in [1.29, 1.82) is 0 Å². The standard InChI is InChI=1S/C25H33N3O5S/c1-32-23-9-3-4-10-24(23)33-18-13-26-25(29)21-19-20(11-12-22(21)27-14-7-8-15-27)34(30,31)28-16-5-2-6-17-28/h3-4,9-12,19H,2,5-8,13-18H2,1H3,(H,26,29). The van der Waals surface area contributed by atoms with E-state index in [1.165, 1.54) is 10.4 Å². The predicted molar refractivity (Wildman–Crippen MR) is 131 cm³/mol. The molecule has 0 unspecified atom stereocenters. The van der Waals surface area contributed by atoms with Gasteiger partial charge in [-0.1, -0.05) is 18.6 Å². The number of rotatable bonds is 9. The van der Waals surface area contributed by atoms with Crippen molar-refractivity contribution >= 4 is 21.6 Å². The molecule has 0 saturated carbocycles.